The quantitative estimate of drug-likeness (QED) is 0.186. The van der Waals surface area contributed by atoms with E-state index in [4.69, 9.17) is 23.1 Å². The lowest BCUT2D eigenvalue weighted by molar-refractivity contribution is -0.172. The zero-order chi connectivity index (χ0) is 31.6. The third-order valence-corrected chi connectivity index (χ3v) is 20.0. The van der Waals surface area contributed by atoms with Crippen LogP contribution in [0, 0.1) is 0 Å². The molecule has 2 heterocycles. The van der Waals surface area contributed by atoms with Gasteiger partial charge in [0.1, 0.15) is 29.0 Å². The van der Waals surface area contributed by atoms with Crippen molar-refractivity contribution in [3.63, 3.8) is 0 Å². The normalized spacial score (nSPS) is 25.2. The Labute approximate surface area is 269 Å². The monoisotopic (exact) mass is 693 g/mol. The van der Waals surface area contributed by atoms with Gasteiger partial charge >= 0.3 is 0 Å². The predicted octanol–water partition coefficient (Wildman–Crippen LogP) is 8.12. The van der Waals surface area contributed by atoms with E-state index < -0.39 is 22.4 Å². The molecule has 7 nitrogen and oxygen atoms in total. The second-order valence-corrected chi connectivity index (χ2v) is 22.9. The molecule has 4 rings (SSSR count). The summed E-state index contributed by atoms with van der Waals surface area (Å²) in [6.07, 6.45) is 0.735. The van der Waals surface area contributed by atoms with E-state index in [0.29, 0.717) is 16.8 Å². The van der Waals surface area contributed by atoms with Crippen molar-refractivity contribution in [1.29, 1.82) is 0 Å². The molecule has 1 aliphatic heterocycles. The molecule has 43 heavy (non-hydrogen) atoms. The molecule has 1 aromatic carbocycles. The average Bonchev–Trinajstić information content (AvgIpc) is 3.47. The highest BCUT2D eigenvalue weighted by Gasteiger charge is 2.63. The first-order valence-corrected chi connectivity index (χ1v) is 22.0. The number of fused-ring (bicyclic) bond motifs is 1. The van der Waals surface area contributed by atoms with Gasteiger partial charge < -0.3 is 27.6 Å². The second-order valence-electron chi connectivity index (χ2n) is 12.7. The molecule has 1 unspecified atom stereocenters. The van der Waals surface area contributed by atoms with Crippen molar-refractivity contribution < 1.29 is 23.1 Å². The van der Waals surface area contributed by atoms with Crippen molar-refractivity contribution in [2.45, 2.75) is 134 Å². The molecule has 1 saturated carbocycles. The van der Waals surface area contributed by atoms with Crippen molar-refractivity contribution in [2.75, 3.05) is 0 Å². The first-order valence-electron chi connectivity index (χ1n) is 16.2. The van der Waals surface area contributed by atoms with Crippen LogP contribution in [-0.2, 0) is 32.0 Å². The molecule has 240 valence electrons. The van der Waals surface area contributed by atoms with Crippen molar-refractivity contribution in [3.8, 4) is 5.75 Å². The summed E-state index contributed by atoms with van der Waals surface area (Å²) in [7, 11) is -2.41. The Kier molecular flexibility index (Phi) is 11.3. The third-order valence-electron chi connectivity index (χ3n) is 10.0. The lowest BCUT2D eigenvalue weighted by atomic mass is 9.93. The summed E-state index contributed by atoms with van der Waals surface area (Å²) < 4.78 is 36.8. The fraction of sp³-hybridized carbons (Fsp3) is 0.667. The molecule has 0 spiro atoms. The van der Waals surface area contributed by atoms with Crippen molar-refractivity contribution >= 4 is 32.6 Å². The number of rotatable bonds is 14. The fourth-order valence-corrected chi connectivity index (χ4v) is 13.3. The third kappa shape index (κ3) is 6.95. The number of nitrogens with zero attached hydrogens (tertiary/aromatic N) is 1. The molecule has 10 heteroatoms. The van der Waals surface area contributed by atoms with Gasteiger partial charge in [0.25, 0.3) is 5.56 Å². The molecule has 1 aromatic heterocycles. The fourth-order valence-electron chi connectivity index (χ4n) is 6.95. The molecule has 1 aliphatic carbocycles. The van der Waals surface area contributed by atoms with Gasteiger partial charge in [0, 0.05) is 24.7 Å². The largest absolute Gasteiger partial charge is 0.487 e. The van der Waals surface area contributed by atoms with Crippen LogP contribution in [0.4, 0.5) is 0 Å². The Morgan fingerprint density at radius 3 is 1.74 bits per heavy atom. The highest BCUT2D eigenvalue weighted by atomic mass is 79.9. The molecule has 2 fully saturated rings. The molecular formula is C33H52BrNO6Si2. The lowest BCUT2D eigenvalue weighted by Gasteiger charge is -2.40. The van der Waals surface area contributed by atoms with Crippen molar-refractivity contribution in [3.05, 3.63) is 62.5 Å². The van der Waals surface area contributed by atoms with Gasteiger partial charge in [-0.15, -0.1) is 0 Å². The van der Waals surface area contributed by atoms with Crippen LogP contribution in [0.1, 0.15) is 72.4 Å². The maximum atomic E-state index is 13.3. The zero-order valence-corrected chi connectivity index (χ0v) is 31.2. The molecule has 0 N–H and O–H groups in total. The maximum absolute atomic E-state index is 13.3. The van der Waals surface area contributed by atoms with Gasteiger partial charge in [-0.05, 0) is 71.6 Å². The van der Waals surface area contributed by atoms with Gasteiger partial charge in [0.2, 0.25) is 0 Å². The molecule has 2 aliphatic rings. The number of benzene rings is 1. The maximum Gasteiger partial charge on any atom is 0.268 e. The van der Waals surface area contributed by atoms with E-state index in [9.17, 15) is 4.79 Å². The van der Waals surface area contributed by atoms with Crippen LogP contribution in [-0.4, -0.2) is 51.4 Å². The molecule has 0 amide bonds. The van der Waals surface area contributed by atoms with Crippen LogP contribution in [0.25, 0.3) is 0 Å². The zero-order valence-electron chi connectivity index (χ0n) is 27.6. The molecule has 0 radical (unpaired) electrons. The van der Waals surface area contributed by atoms with Crippen LogP contribution < -0.4 is 10.3 Å². The Balaban J connectivity index is 1.93. The van der Waals surface area contributed by atoms with Crippen LogP contribution in [0.3, 0.4) is 0 Å². The summed E-state index contributed by atoms with van der Waals surface area (Å²) in [5.74, 6) is -0.441. The van der Waals surface area contributed by atoms with Crippen LogP contribution in [0.2, 0.25) is 36.3 Å². The van der Waals surface area contributed by atoms with Gasteiger partial charge in [-0.2, -0.15) is 0 Å². The van der Waals surface area contributed by atoms with Gasteiger partial charge in [-0.1, -0.05) is 71.9 Å². The average molecular weight is 695 g/mol. The number of hydrogen-bond acceptors (Lipinski definition) is 6. The summed E-state index contributed by atoms with van der Waals surface area (Å²) in [5.41, 5.74) is 1.78. The molecule has 5 atom stereocenters. The van der Waals surface area contributed by atoms with Crippen LogP contribution in [0.15, 0.2) is 45.8 Å². The second kappa shape index (κ2) is 14.0. The molecule has 2 aromatic rings. The van der Waals surface area contributed by atoms with E-state index in [1.54, 1.807) is 11.6 Å². The van der Waals surface area contributed by atoms with E-state index >= 15 is 0 Å². The summed E-state index contributed by atoms with van der Waals surface area (Å²) in [6.45, 7) is 17.8. The van der Waals surface area contributed by atoms with Gasteiger partial charge in [-0.3, -0.25) is 4.79 Å². The minimum absolute atomic E-state index is 0.146. The molecule has 1 saturated heterocycles. The summed E-state index contributed by atoms with van der Waals surface area (Å²) in [4.78, 5) is 13.3. The summed E-state index contributed by atoms with van der Waals surface area (Å²) in [5, 5.41) is 0. The van der Waals surface area contributed by atoms with E-state index in [-0.39, 0.29) is 35.9 Å². The standard InChI is InChI=1S/C33H52BrNO6Si2/c1-10-42(11-2,12-3)40-28-25(29(41-43(13-4,14-5)15-6)31-30(28)38-33(7,8)39-31)24-21-35(9)32(36)26(34)27(24)37-22-23-19-17-16-18-20-23/h16-21,25,28-31H,10-15,22H2,1-9H3/t25?,28-,29+,30-,31+. The van der Waals surface area contributed by atoms with E-state index in [1.165, 1.54) is 0 Å². The van der Waals surface area contributed by atoms with E-state index in [2.05, 4.69) is 57.5 Å². The summed E-state index contributed by atoms with van der Waals surface area (Å²) in [6, 6.07) is 16.1. The smallest absolute Gasteiger partial charge is 0.268 e. The van der Waals surface area contributed by atoms with Gasteiger partial charge in [0.05, 0.1) is 12.2 Å². The Morgan fingerprint density at radius 1 is 0.837 bits per heavy atom. The number of halogens is 1. The topological polar surface area (TPSA) is 68.2 Å². The summed E-state index contributed by atoms with van der Waals surface area (Å²) >= 11 is 3.64. The number of aryl methyl sites for hydroxylation is 1. The minimum atomic E-state index is -2.10. The first kappa shape index (κ1) is 34.6. The van der Waals surface area contributed by atoms with Crippen molar-refractivity contribution in [1.82, 2.24) is 4.57 Å². The number of ether oxygens (including phenoxy) is 3. The van der Waals surface area contributed by atoms with Crippen LogP contribution >= 0.6 is 15.9 Å². The Morgan fingerprint density at radius 2 is 1.30 bits per heavy atom. The van der Waals surface area contributed by atoms with Gasteiger partial charge in [0.15, 0.2) is 22.4 Å². The highest BCUT2D eigenvalue weighted by Crippen LogP contribution is 2.53. The van der Waals surface area contributed by atoms with Crippen LogP contribution in [0.5, 0.6) is 5.75 Å². The number of aromatic nitrogens is 1. The first-order chi connectivity index (χ1) is 20.4. The van der Waals surface area contributed by atoms with E-state index in [0.717, 1.165) is 47.4 Å². The van der Waals surface area contributed by atoms with E-state index in [1.807, 2.05) is 50.4 Å². The SMILES string of the molecule is CC[Si](CC)(CC)O[C@@H]1C(c2cn(C)c(=O)c(Br)c2OCc2ccccc2)[C@H](O[Si](CC)(CC)CC)[C@@H]2OC(C)(C)O[C@@H]21. The minimum Gasteiger partial charge on any atom is -0.487 e. The highest BCUT2D eigenvalue weighted by molar-refractivity contribution is 9.10. The Hall–Kier alpha value is -1.28. The molecule has 0 bridgehead atoms. The predicted molar refractivity (Wildman–Crippen MR) is 181 cm³/mol. The number of pyridine rings is 1. The Bertz CT molecular complexity index is 1220. The lowest BCUT2D eigenvalue weighted by Crippen LogP contribution is -2.47. The number of hydrogen-bond donors (Lipinski definition) is 0. The molecular weight excluding hydrogens is 642 g/mol. The van der Waals surface area contributed by atoms with Gasteiger partial charge in [-0.25, -0.2) is 0 Å². The van der Waals surface area contributed by atoms with Crippen molar-refractivity contribution in [2.24, 2.45) is 7.05 Å².